The zero-order valence-corrected chi connectivity index (χ0v) is 15.2. The van der Waals surface area contributed by atoms with E-state index in [1.54, 1.807) is 0 Å². The van der Waals surface area contributed by atoms with Gasteiger partial charge in [0, 0.05) is 30.6 Å². The molecule has 158 valence electrons. The third-order valence-corrected chi connectivity index (χ3v) is 4.88. The summed E-state index contributed by atoms with van der Waals surface area (Å²) in [6.07, 6.45) is -7.40. The summed E-state index contributed by atoms with van der Waals surface area (Å²) in [6, 6.07) is 1.08. The molecule has 3 rings (SSSR count). The molecule has 1 N–H and O–H groups in total. The number of aromatic carboxylic acids is 1. The molecule has 29 heavy (non-hydrogen) atoms. The molecule has 0 aliphatic carbocycles. The van der Waals surface area contributed by atoms with E-state index in [1.807, 2.05) is 0 Å². The summed E-state index contributed by atoms with van der Waals surface area (Å²) in [6.45, 7) is 2.27. The highest BCUT2D eigenvalue weighted by molar-refractivity contribution is 5.97. The first-order chi connectivity index (χ1) is 13.4. The van der Waals surface area contributed by atoms with Gasteiger partial charge in [0.25, 0.3) is 0 Å². The SMILES string of the molecule is Cc1c(C(=O)O)c(-c2cc(C(F)(F)F)cc(C(F)(F)F)c2)cn1C[C@H]1CCCO1. The fourth-order valence-corrected chi connectivity index (χ4v) is 3.45. The number of rotatable bonds is 4. The van der Waals surface area contributed by atoms with Gasteiger partial charge >= 0.3 is 18.3 Å². The predicted molar refractivity (Wildman–Crippen MR) is 90.5 cm³/mol. The Morgan fingerprint density at radius 1 is 1.14 bits per heavy atom. The number of carboxylic acids is 1. The largest absolute Gasteiger partial charge is 0.478 e. The van der Waals surface area contributed by atoms with Crippen LogP contribution in [0.1, 0.15) is 40.0 Å². The average molecular weight is 421 g/mol. The first-order valence-corrected chi connectivity index (χ1v) is 8.72. The van der Waals surface area contributed by atoms with E-state index in [0.29, 0.717) is 18.7 Å². The van der Waals surface area contributed by atoms with Gasteiger partial charge in [0.2, 0.25) is 0 Å². The van der Waals surface area contributed by atoms with Gasteiger partial charge in [-0.15, -0.1) is 0 Å². The number of carbonyl (C=O) groups is 1. The summed E-state index contributed by atoms with van der Waals surface area (Å²) in [7, 11) is 0. The van der Waals surface area contributed by atoms with Crippen LogP contribution in [0.3, 0.4) is 0 Å². The second-order valence-electron chi connectivity index (χ2n) is 6.89. The summed E-state index contributed by atoms with van der Waals surface area (Å²) in [4.78, 5) is 11.7. The van der Waals surface area contributed by atoms with Crippen LogP contribution in [0, 0.1) is 6.92 Å². The Bertz CT molecular complexity index is 891. The second kappa shape index (κ2) is 7.40. The van der Waals surface area contributed by atoms with Crippen LogP contribution in [0.4, 0.5) is 26.3 Å². The zero-order valence-electron chi connectivity index (χ0n) is 15.2. The van der Waals surface area contributed by atoms with Crippen LogP contribution in [-0.2, 0) is 23.6 Å². The third kappa shape index (κ3) is 4.42. The quantitative estimate of drug-likeness (QED) is 0.675. The van der Waals surface area contributed by atoms with Crippen molar-refractivity contribution in [2.75, 3.05) is 6.61 Å². The summed E-state index contributed by atoms with van der Waals surface area (Å²) < 4.78 is 86.0. The minimum absolute atomic E-state index is 0.0140. The number of benzene rings is 1. The number of aromatic nitrogens is 1. The summed E-state index contributed by atoms with van der Waals surface area (Å²) in [5.74, 6) is -1.44. The van der Waals surface area contributed by atoms with Crippen molar-refractivity contribution < 1.29 is 41.0 Å². The molecule has 1 saturated heterocycles. The molecule has 2 heterocycles. The number of hydrogen-bond acceptors (Lipinski definition) is 2. The van der Waals surface area contributed by atoms with E-state index in [4.69, 9.17) is 4.74 Å². The molecule has 1 aliphatic rings. The van der Waals surface area contributed by atoms with Crippen LogP contribution in [-0.4, -0.2) is 28.4 Å². The lowest BCUT2D eigenvalue weighted by Crippen LogP contribution is -2.15. The molecule has 0 saturated carbocycles. The van der Waals surface area contributed by atoms with Crippen LogP contribution in [0.2, 0.25) is 0 Å². The maximum Gasteiger partial charge on any atom is 0.416 e. The van der Waals surface area contributed by atoms with Crippen molar-refractivity contribution in [3.8, 4) is 11.1 Å². The van der Waals surface area contributed by atoms with E-state index in [-0.39, 0.29) is 35.5 Å². The Balaban J connectivity index is 2.17. The highest BCUT2D eigenvalue weighted by Gasteiger charge is 2.37. The minimum Gasteiger partial charge on any atom is -0.478 e. The van der Waals surface area contributed by atoms with Crippen molar-refractivity contribution in [1.29, 1.82) is 0 Å². The average Bonchev–Trinajstić information content (AvgIpc) is 3.21. The van der Waals surface area contributed by atoms with Crippen molar-refractivity contribution in [3.63, 3.8) is 0 Å². The van der Waals surface area contributed by atoms with Gasteiger partial charge in [-0.1, -0.05) is 0 Å². The molecule has 0 radical (unpaired) electrons. The van der Waals surface area contributed by atoms with Gasteiger partial charge in [0.05, 0.1) is 22.8 Å². The maximum absolute atomic E-state index is 13.2. The van der Waals surface area contributed by atoms with Crippen LogP contribution in [0.5, 0.6) is 0 Å². The molecule has 0 unspecified atom stereocenters. The number of nitrogens with zero attached hydrogens (tertiary/aromatic N) is 1. The van der Waals surface area contributed by atoms with Gasteiger partial charge in [-0.2, -0.15) is 26.3 Å². The normalized spacial score (nSPS) is 17.7. The maximum atomic E-state index is 13.2. The molecule has 4 nitrogen and oxygen atoms in total. The van der Waals surface area contributed by atoms with Crippen molar-refractivity contribution in [1.82, 2.24) is 4.57 Å². The topological polar surface area (TPSA) is 51.5 Å². The Morgan fingerprint density at radius 2 is 1.72 bits per heavy atom. The van der Waals surface area contributed by atoms with Gasteiger partial charge in [-0.05, 0) is 43.5 Å². The summed E-state index contributed by atoms with van der Waals surface area (Å²) in [5, 5.41) is 9.55. The molecule has 1 aromatic heterocycles. The van der Waals surface area contributed by atoms with E-state index in [2.05, 4.69) is 0 Å². The molecule has 0 spiro atoms. The Labute approximate surface area is 161 Å². The Morgan fingerprint density at radius 3 is 2.17 bits per heavy atom. The van der Waals surface area contributed by atoms with Crippen molar-refractivity contribution in [2.24, 2.45) is 0 Å². The lowest BCUT2D eigenvalue weighted by atomic mass is 9.97. The van der Waals surface area contributed by atoms with Crippen LogP contribution in [0.15, 0.2) is 24.4 Å². The van der Waals surface area contributed by atoms with E-state index < -0.39 is 35.0 Å². The Kier molecular flexibility index (Phi) is 5.42. The lowest BCUT2D eigenvalue weighted by Gasteiger charge is -2.14. The number of hydrogen-bond donors (Lipinski definition) is 1. The van der Waals surface area contributed by atoms with Crippen LogP contribution >= 0.6 is 0 Å². The highest BCUT2D eigenvalue weighted by atomic mass is 19.4. The molecule has 2 aromatic rings. The number of halogens is 6. The highest BCUT2D eigenvalue weighted by Crippen LogP contribution is 2.40. The minimum atomic E-state index is -5.02. The van der Waals surface area contributed by atoms with Crippen molar-refractivity contribution >= 4 is 5.97 Å². The van der Waals surface area contributed by atoms with Gasteiger partial charge in [-0.3, -0.25) is 0 Å². The molecule has 0 bridgehead atoms. The molecule has 1 atom stereocenters. The molecule has 0 amide bonds. The second-order valence-corrected chi connectivity index (χ2v) is 6.89. The summed E-state index contributed by atoms with van der Waals surface area (Å²) >= 11 is 0. The standard InChI is InChI=1S/C19H17F6NO3/c1-10-16(17(27)28)15(9-26(10)8-14-3-2-4-29-14)11-5-12(18(20,21)22)7-13(6-11)19(23,24)25/h5-7,9,14H,2-4,8H2,1H3,(H,27,28)/t14-/m1/s1. The number of alkyl halides is 6. The van der Waals surface area contributed by atoms with E-state index in [0.717, 1.165) is 12.8 Å². The fraction of sp³-hybridized carbons (Fsp3) is 0.421. The summed E-state index contributed by atoms with van der Waals surface area (Å²) in [5.41, 5.74) is -3.76. The number of ether oxygens (including phenoxy) is 1. The first kappa shape index (κ1) is 21.2. The Hall–Kier alpha value is -2.49. The van der Waals surface area contributed by atoms with Gasteiger partial charge in [-0.25, -0.2) is 4.79 Å². The number of carboxylic acid groups (broad SMARTS) is 1. The predicted octanol–water partition coefficient (Wildman–Crippen LogP) is 5.38. The first-order valence-electron chi connectivity index (χ1n) is 8.72. The van der Waals surface area contributed by atoms with Crippen molar-refractivity contribution in [2.45, 2.75) is 44.8 Å². The van der Waals surface area contributed by atoms with E-state index in [1.165, 1.54) is 17.7 Å². The van der Waals surface area contributed by atoms with Crippen LogP contribution < -0.4 is 0 Å². The smallest absolute Gasteiger partial charge is 0.416 e. The lowest BCUT2D eigenvalue weighted by molar-refractivity contribution is -0.143. The monoisotopic (exact) mass is 421 g/mol. The van der Waals surface area contributed by atoms with Gasteiger partial charge in [0.1, 0.15) is 0 Å². The van der Waals surface area contributed by atoms with Crippen LogP contribution in [0.25, 0.3) is 11.1 Å². The van der Waals surface area contributed by atoms with E-state index in [9.17, 15) is 36.2 Å². The fourth-order valence-electron chi connectivity index (χ4n) is 3.45. The molecule has 1 aromatic carbocycles. The van der Waals surface area contributed by atoms with Gasteiger partial charge in [0.15, 0.2) is 0 Å². The zero-order chi connectivity index (χ0) is 21.6. The molecule has 1 aliphatic heterocycles. The molecule has 10 heteroatoms. The molecular formula is C19H17F6NO3. The van der Waals surface area contributed by atoms with Crippen molar-refractivity contribution in [3.05, 3.63) is 46.8 Å². The third-order valence-electron chi connectivity index (χ3n) is 4.88. The molecule has 1 fully saturated rings. The van der Waals surface area contributed by atoms with E-state index >= 15 is 0 Å². The van der Waals surface area contributed by atoms with Gasteiger partial charge < -0.3 is 14.4 Å². The molecular weight excluding hydrogens is 404 g/mol.